The number of nitrogens with zero attached hydrogens (tertiary/aromatic N) is 2. The van der Waals surface area contributed by atoms with E-state index < -0.39 is 12.0 Å². The summed E-state index contributed by atoms with van der Waals surface area (Å²) in [5.74, 6) is -0.256. The van der Waals surface area contributed by atoms with Crippen molar-refractivity contribution in [1.29, 1.82) is 0 Å². The standard InChI is InChI=1S/C15H26N2O3/c1-12-6-9-17(13(10-12)15(19)20)11-14(18)16-7-4-2-3-5-8-16/h12-13H,2-11H2,1H3,(H,19,20). The summed E-state index contributed by atoms with van der Waals surface area (Å²) in [6, 6.07) is -0.491. The number of piperidine rings is 1. The Morgan fingerprint density at radius 3 is 2.35 bits per heavy atom. The Bertz CT molecular complexity index is 351. The van der Waals surface area contributed by atoms with Crippen LogP contribution in [0, 0.1) is 5.92 Å². The van der Waals surface area contributed by atoms with Gasteiger partial charge in [0.1, 0.15) is 6.04 Å². The second-order valence-electron chi connectivity index (χ2n) is 6.25. The van der Waals surface area contributed by atoms with Gasteiger partial charge in [-0.15, -0.1) is 0 Å². The quantitative estimate of drug-likeness (QED) is 0.853. The van der Waals surface area contributed by atoms with Gasteiger partial charge in [-0.05, 0) is 38.1 Å². The second kappa shape index (κ2) is 7.07. The van der Waals surface area contributed by atoms with Crippen molar-refractivity contribution in [2.24, 2.45) is 5.92 Å². The molecule has 2 aliphatic heterocycles. The number of likely N-dealkylation sites (tertiary alicyclic amines) is 2. The van der Waals surface area contributed by atoms with Crippen molar-refractivity contribution in [3.63, 3.8) is 0 Å². The molecule has 0 saturated carbocycles. The zero-order valence-electron chi connectivity index (χ0n) is 12.4. The molecule has 0 spiro atoms. The lowest BCUT2D eigenvalue weighted by Crippen LogP contribution is -2.51. The Morgan fingerprint density at radius 1 is 1.10 bits per heavy atom. The fraction of sp³-hybridized carbons (Fsp3) is 0.867. The highest BCUT2D eigenvalue weighted by Gasteiger charge is 2.33. The summed E-state index contributed by atoms with van der Waals surface area (Å²) < 4.78 is 0. The van der Waals surface area contributed by atoms with Gasteiger partial charge in [-0.2, -0.15) is 0 Å². The summed E-state index contributed by atoms with van der Waals surface area (Å²) in [6.45, 7) is 4.74. The summed E-state index contributed by atoms with van der Waals surface area (Å²) >= 11 is 0. The van der Waals surface area contributed by atoms with Crippen molar-refractivity contribution in [3.8, 4) is 0 Å². The van der Waals surface area contributed by atoms with Crippen LogP contribution in [0.1, 0.15) is 45.4 Å². The minimum atomic E-state index is -0.791. The van der Waals surface area contributed by atoms with Gasteiger partial charge in [0, 0.05) is 13.1 Å². The number of aliphatic carboxylic acids is 1. The minimum absolute atomic E-state index is 0.104. The van der Waals surface area contributed by atoms with Crippen LogP contribution in [0.3, 0.4) is 0 Å². The number of carbonyl (C=O) groups is 2. The summed E-state index contributed by atoms with van der Waals surface area (Å²) in [5, 5.41) is 9.33. The molecule has 2 fully saturated rings. The molecule has 5 heteroatoms. The van der Waals surface area contributed by atoms with Crippen molar-refractivity contribution >= 4 is 11.9 Å². The number of hydrogen-bond donors (Lipinski definition) is 1. The van der Waals surface area contributed by atoms with Crippen molar-refractivity contribution in [2.75, 3.05) is 26.2 Å². The van der Waals surface area contributed by atoms with Gasteiger partial charge < -0.3 is 10.0 Å². The van der Waals surface area contributed by atoms with E-state index in [0.29, 0.717) is 12.3 Å². The zero-order chi connectivity index (χ0) is 14.5. The zero-order valence-corrected chi connectivity index (χ0v) is 12.4. The maximum atomic E-state index is 12.4. The summed E-state index contributed by atoms with van der Waals surface area (Å²) in [6.07, 6.45) is 6.18. The Balaban J connectivity index is 1.92. The number of carboxylic acids is 1. The molecule has 114 valence electrons. The van der Waals surface area contributed by atoms with E-state index in [1.807, 2.05) is 9.80 Å². The highest BCUT2D eigenvalue weighted by Crippen LogP contribution is 2.23. The molecule has 0 aliphatic carbocycles. The molecule has 2 heterocycles. The van der Waals surface area contributed by atoms with Crippen LogP contribution in [0.25, 0.3) is 0 Å². The monoisotopic (exact) mass is 282 g/mol. The van der Waals surface area contributed by atoms with Gasteiger partial charge in [0.25, 0.3) is 0 Å². The van der Waals surface area contributed by atoms with Crippen LogP contribution in [0.15, 0.2) is 0 Å². The molecule has 5 nitrogen and oxygen atoms in total. The first-order valence-corrected chi connectivity index (χ1v) is 7.82. The van der Waals surface area contributed by atoms with E-state index in [-0.39, 0.29) is 12.5 Å². The van der Waals surface area contributed by atoms with Crippen LogP contribution in [0.4, 0.5) is 0 Å². The smallest absolute Gasteiger partial charge is 0.320 e. The molecule has 0 bridgehead atoms. The molecule has 0 aromatic carbocycles. The van der Waals surface area contributed by atoms with Crippen LogP contribution in [-0.2, 0) is 9.59 Å². The Hall–Kier alpha value is -1.10. The number of carboxylic acid groups (broad SMARTS) is 1. The van der Waals surface area contributed by atoms with Gasteiger partial charge >= 0.3 is 5.97 Å². The highest BCUT2D eigenvalue weighted by molar-refractivity contribution is 5.80. The van der Waals surface area contributed by atoms with E-state index in [9.17, 15) is 14.7 Å². The normalized spacial score (nSPS) is 28.9. The lowest BCUT2D eigenvalue weighted by molar-refractivity contribution is -0.147. The van der Waals surface area contributed by atoms with Gasteiger partial charge in [0.05, 0.1) is 6.54 Å². The summed E-state index contributed by atoms with van der Waals surface area (Å²) in [7, 11) is 0. The van der Waals surface area contributed by atoms with Crippen molar-refractivity contribution in [2.45, 2.75) is 51.5 Å². The predicted octanol–water partition coefficient (Wildman–Crippen LogP) is 1.57. The third-order valence-corrected chi connectivity index (χ3v) is 4.56. The largest absolute Gasteiger partial charge is 0.480 e. The molecule has 2 atom stereocenters. The lowest BCUT2D eigenvalue weighted by Gasteiger charge is -2.36. The molecule has 0 aromatic rings. The summed E-state index contributed by atoms with van der Waals surface area (Å²) in [5.41, 5.74) is 0. The first-order chi connectivity index (χ1) is 9.58. The predicted molar refractivity (Wildman–Crippen MR) is 76.4 cm³/mol. The Morgan fingerprint density at radius 2 is 1.75 bits per heavy atom. The third kappa shape index (κ3) is 3.95. The third-order valence-electron chi connectivity index (χ3n) is 4.56. The molecular weight excluding hydrogens is 256 g/mol. The Kier molecular flexibility index (Phi) is 5.40. The van der Waals surface area contributed by atoms with Crippen LogP contribution in [0.2, 0.25) is 0 Å². The molecule has 0 aromatic heterocycles. The van der Waals surface area contributed by atoms with Gasteiger partial charge in [-0.25, -0.2) is 0 Å². The maximum Gasteiger partial charge on any atom is 0.320 e. The number of amides is 1. The molecule has 2 unspecified atom stereocenters. The van der Waals surface area contributed by atoms with Crippen molar-refractivity contribution < 1.29 is 14.7 Å². The van der Waals surface area contributed by atoms with E-state index in [1.165, 1.54) is 12.8 Å². The molecule has 2 saturated heterocycles. The topological polar surface area (TPSA) is 60.9 Å². The van der Waals surface area contributed by atoms with E-state index in [1.54, 1.807) is 0 Å². The van der Waals surface area contributed by atoms with E-state index in [2.05, 4.69) is 6.92 Å². The van der Waals surface area contributed by atoms with Crippen LogP contribution >= 0.6 is 0 Å². The molecule has 0 radical (unpaired) electrons. The SMILES string of the molecule is CC1CCN(CC(=O)N2CCCCCC2)C(C(=O)O)C1. The molecular formula is C15H26N2O3. The second-order valence-corrected chi connectivity index (χ2v) is 6.25. The van der Waals surface area contributed by atoms with Gasteiger partial charge in [-0.1, -0.05) is 19.8 Å². The average molecular weight is 282 g/mol. The van der Waals surface area contributed by atoms with Crippen molar-refractivity contribution in [3.05, 3.63) is 0 Å². The van der Waals surface area contributed by atoms with Crippen LogP contribution < -0.4 is 0 Å². The van der Waals surface area contributed by atoms with Gasteiger partial charge in [-0.3, -0.25) is 14.5 Å². The average Bonchev–Trinajstić information content (AvgIpc) is 2.69. The maximum absolute atomic E-state index is 12.4. The first-order valence-electron chi connectivity index (χ1n) is 7.82. The molecule has 1 N–H and O–H groups in total. The van der Waals surface area contributed by atoms with Gasteiger partial charge in [0.2, 0.25) is 5.91 Å². The molecule has 1 amide bonds. The first kappa shape index (κ1) is 15.3. The lowest BCUT2D eigenvalue weighted by atomic mass is 9.92. The minimum Gasteiger partial charge on any atom is -0.480 e. The summed E-state index contributed by atoms with van der Waals surface area (Å²) in [4.78, 5) is 27.5. The number of carbonyl (C=O) groups excluding carboxylic acids is 1. The van der Waals surface area contributed by atoms with Crippen LogP contribution in [-0.4, -0.2) is 59.0 Å². The van der Waals surface area contributed by atoms with E-state index >= 15 is 0 Å². The van der Waals surface area contributed by atoms with Crippen molar-refractivity contribution in [1.82, 2.24) is 9.80 Å². The van der Waals surface area contributed by atoms with E-state index in [4.69, 9.17) is 0 Å². The Labute approximate surface area is 120 Å². The number of hydrogen-bond acceptors (Lipinski definition) is 3. The fourth-order valence-electron chi connectivity index (χ4n) is 3.23. The highest BCUT2D eigenvalue weighted by atomic mass is 16.4. The van der Waals surface area contributed by atoms with Gasteiger partial charge in [0.15, 0.2) is 0 Å². The molecule has 2 aliphatic rings. The fourth-order valence-corrected chi connectivity index (χ4v) is 3.23. The molecule has 2 rings (SSSR count). The molecule has 20 heavy (non-hydrogen) atoms. The van der Waals surface area contributed by atoms with E-state index in [0.717, 1.165) is 38.9 Å². The van der Waals surface area contributed by atoms with Crippen LogP contribution in [0.5, 0.6) is 0 Å². The number of rotatable bonds is 3.